The molecule has 0 aromatic carbocycles. The van der Waals surface area contributed by atoms with Crippen molar-refractivity contribution >= 4 is 23.3 Å². The van der Waals surface area contributed by atoms with E-state index in [0.29, 0.717) is 35.8 Å². The molecule has 0 amide bonds. The van der Waals surface area contributed by atoms with E-state index in [4.69, 9.17) is 0 Å². The van der Waals surface area contributed by atoms with Gasteiger partial charge in [-0.25, -0.2) is 0 Å². The molecular formula is C29H37NO3S. The first kappa shape index (κ1) is 24.0. The molecule has 34 heavy (non-hydrogen) atoms. The molecule has 3 fully saturated rings. The summed E-state index contributed by atoms with van der Waals surface area (Å²) in [5, 5.41) is 11.9. The molecule has 4 nitrogen and oxygen atoms in total. The third kappa shape index (κ3) is 3.65. The highest BCUT2D eigenvalue weighted by Gasteiger charge is 2.66. The van der Waals surface area contributed by atoms with Crippen LogP contribution in [0.15, 0.2) is 48.2 Å². The van der Waals surface area contributed by atoms with E-state index >= 15 is 0 Å². The molecule has 7 atom stereocenters. The SMILES string of the molecule is C[C@H]1CC2C(CCC3(C)C2CC[C@]3(O)C(=O)CSCCc2ccccn2)C2(C)C=CC(=O)C=C12. The standard InChI is InChI=1S/C29H37NO3S/c1-19-16-22-23(27(2)11-7-21(31)17-25(19)27)8-12-28(3)24(22)9-13-29(28,33)26(32)18-34-15-10-20-6-4-5-14-30-20/h4-7,11,14,17,19,22-24,33H,8-10,12-13,15-16,18H2,1-3H3/t19-,22?,23?,24?,27?,28?,29-/m0/s1. The molecule has 1 heterocycles. The van der Waals surface area contributed by atoms with Gasteiger partial charge >= 0.3 is 0 Å². The van der Waals surface area contributed by atoms with Crippen LogP contribution in [-0.4, -0.2) is 38.8 Å². The second kappa shape index (κ2) is 8.74. The van der Waals surface area contributed by atoms with Gasteiger partial charge in [0, 0.05) is 22.7 Å². The Labute approximate surface area is 207 Å². The third-order valence-electron chi connectivity index (χ3n) is 9.95. The highest BCUT2D eigenvalue weighted by atomic mass is 32.2. The van der Waals surface area contributed by atoms with E-state index in [1.54, 1.807) is 24.0 Å². The predicted octanol–water partition coefficient (Wildman–Crippen LogP) is 5.21. The number of rotatable bonds is 6. The first-order chi connectivity index (χ1) is 16.2. The van der Waals surface area contributed by atoms with E-state index in [1.807, 2.05) is 24.3 Å². The first-order valence-electron chi connectivity index (χ1n) is 12.9. The minimum atomic E-state index is -1.22. The highest BCUT2D eigenvalue weighted by molar-refractivity contribution is 7.99. The summed E-state index contributed by atoms with van der Waals surface area (Å²) in [5.41, 5.74) is 0.666. The zero-order valence-electron chi connectivity index (χ0n) is 20.6. The topological polar surface area (TPSA) is 67.3 Å². The van der Waals surface area contributed by atoms with Crippen LogP contribution >= 0.6 is 11.8 Å². The lowest BCUT2D eigenvalue weighted by molar-refractivity contribution is -0.158. The van der Waals surface area contributed by atoms with Crippen molar-refractivity contribution in [1.82, 2.24) is 4.98 Å². The Morgan fingerprint density at radius 3 is 2.76 bits per heavy atom. The summed E-state index contributed by atoms with van der Waals surface area (Å²) in [6.07, 6.45) is 12.9. The summed E-state index contributed by atoms with van der Waals surface area (Å²) in [7, 11) is 0. The largest absolute Gasteiger partial charge is 0.381 e. The molecule has 0 bridgehead atoms. The number of aromatic nitrogens is 1. The van der Waals surface area contributed by atoms with Gasteiger partial charge in [0.2, 0.25) is 0 Å². The van der Waals surface area contributed by atoms with Gasteiger partial charge in [0.25, 0.3) is 0 Å². The monoisotopic (exact) mass is 479 g/mol. The number of carbonyl (C=O) groups is 2. The van der Waals surface area contributed by atoms with Crippen LogP contribution in [0.5, 0.6) is 0 Å². The van der Waals surface area contributed by atoms with Gasteiger partial charge in [-0.3, -0.25) is 14.6 Å². The number of ketones is 2. The molecule has 1 N–H and O–H groups in total. The molecular weight excluding hydrogens is 442 g/mol. The Kier molecular flexibility index (Phi) is 6.17. The van der Waals surface area contributed by atoms with Crippen LogP contribution in [0.1, 0.15) is 58.6 Å². The molecule has 182 valence electrons. The summed E-state index contributed by atoms with van der Waals surface area (Å²) in [6, 6.07) is 5.92. The van der Waals surface area contributed by atoms with Gasteiger partial charge < -0.3 is 5.11 Å². The zero-order chi connectivity index (χ0) is 24.1. The van der Waals surface area contributed by atoms with E-state index in [-0.39, 0.29) is 22.4 Å². The van der Waals surface area contributed by atoms with Crippen molar-refractivity contribution in [3.63, 3.8) is 0 Å². The minimum absolute atomic E-state index is 0.0146. The minimum Gasteiger partial charge on any atom is -0.381 e. The molecule has 4 aliphatic rings. The second-order valence-corrected chi connectivity index (χ2v) is 12.6. The van der Waals surface area contributed by atoms with Crippen molar-refractivity contribution in [3.8, 4) is 0 Å². The second-order valence-electron chi connectivity index (χ2n) is 11.5. The summed E-state index contributed by atoms with van der Waals surface area (Å²) in [5.74, 6) is 2.99. The molecule has 5 unspecified atom stereocenters. The van der Waals surface area contributed by atoms with E-state index in [0.717, 1.165) is 43.6 Å². The van der Waals surface area contributed by atoms with Gasteiger partial charge in [-0.2, -0.15) is 11.8 Å². The predicted molar refractivity (Wildman–Crippen MR) is 136 cm³/mol. The molecule has 4 aliphatic carbocycles. The van der Waals surface area contributed by atoms with Crippen molar-refractivity contribution in [2.45, 2.75) is 64.9 Å². The molecule has 3 saturated carbocycles. The van der Waals surface area contributed by atoms with E-state index in [2.05, 4.69) is 31.8 Å². The summed E-state index contributed by atoms with van der Waals surface area (Å²) in [6.45, 7) is 6.75. The van der Waals surface area contributed by atoms with Crippen molar-refractivity contribution in [1.29, 1.82) is 0 Å². The third-order valence-corrected chi connectivity index (χ3v) is 10.9. The van der Waals surface area contributed by atoms with Crippen LogP contribution in [0.4, 0.5) is 0 Å². The van der Waals surface area contributed by atoms with Crippen molar-refractivity contribution in [3.05, 3.63) is 53.9 Å². The fraction of sp³-hybridized carbons (Fsp3) is 0.621. The highest BCUT2D eigenvalue weighted by Crippen LogP contribution is 2.67. The number of allylic oxidation sites excluding steroid dienone is 4. The molecule has 1 aromatic rings. The van der Waals surface area contributed by atoms with Crippen LogP contribution < -0.4 is 0 Å². The molecule has 0 radical (unpaired) electrons. The number of Topliss-reactive ketones (excluding diaryl/α,β-unsaturated/α-hetero) is 1. The number of nitrogens with zero attached hydrogens (tertiary/aromatic N) is 1. The average molecular weight is 480 g/mol. The lowest BCUT2D eigenvalue weighted by Gasteiger charge is -2.59. The number of pyridine rings is 1. The van der Waals surface area contributed by atoms with Crippen LogP contribution in [0, 0.1) is 34.5 Å². The fourth-order valence-electron chi connectivity index (χ4n) is 8.10. The Morgan fingerprint density at radius 1 is 1.21 bits per heavy atom. The van der Waals surface area contributed by atoms with Crippen LogP contribution in [0.2, 0.25) is 0 Å². The number of carbonyl (C=O) groups excluding carboxylic acids is 2. The van der Waals surface area contributed by atoms with Crippen LogP contribution in [0.3, 0.4) is 0 Å². The average Bonchev–Trinajstić information content (AvgIpc) is 3.10. The van der Waals surface area contributed by atoms with E-state index in [9.17, 15) is 14.7 Å². The Morgan fingerprint density at radius 2 is 2.00 bits per heavy atom. The number of fused-ring (bicyclic) bond motifs is 5. The smallest absolute Gasteiger partial charge is 0.178 e. The Hall–Kier alpha value is -1.72. The maximum absolute atomic E-state index is 13.4. The lowest BCUT2D eigenvalue weighted by atomic mass is 9.45. The molecule has 5 heteroatoms. The van der Waals surface area contributed by atoms with Gasteiger partial charge in [-0.1, -0.05) is 38.5 Å². The van der Waals surface area contributed by atoms with Gasteiger partial charge in [-0.05, 0) is 92.2 Å². The van der Waals surface area contributed by atoms with Gasteiger partial charge in [-0.15, -0.1) is 0 Å². The number of hydrogen-bond acceptors (Lipinski definition) is 5. The first-order valence-corrected chi connectivity index (χ1v) is 14.0. The van der Waals surface area contributed by atoms with Crippen LogP contribution in [-0.2, 0) is 16.0 Å². The fourth-order valence-corrected chi connectivity index (χ4v) is 9.02. The number of hydrogen-bond donors (Lipinski definition) is 1. The number of thioether (sulfide) groups is 1. The Bertz CT molecular complexity index is 1040. The molecule has 0 spiro atoms. The van der Waals surface area contributed by atoms with Gasteiger partial charge in [0.05, 0.1) is 5.75 Å². The summed E-state index contributed by atoms with van der Waals surface area (Å²) in [4.78, 5) is 29.9. The zero-order valence-corrected chi connectivity index (χ0v) is 21.4. The van der Waals surface area contributed by atoms with Crippen molar-refractivity contribution < 1.29 is 14.7 Å². The summed E-state index contributed by atoms with van der Waals surface area (Å²) < 4.78 is 0. The molecule has 0 aliphatic heterocycles. The molecule has 0 saturated heterocycles. The van der Waals surface area contributed by atoms with Crippen molar-refractivity contribution in [2.24, 2.45) is 34.5 Å². The molecule has 1 aromatic heterocycles. The Balaban J connectivity index is 1.30. The summed E-state index contributed by atoms with van der Waals surface area (Å²) >= 11 is 1.62. The quantitative estimate of drug-likeness (QED) is 0.567. The van der Waals surface area contributed by atoms with Crippen LogP contribution in [0.25, 0.3) is 0 Å². The maximum atomic E-state index is 13.4. The van der Waals surface area contributed by atoms with Crippen molar-refractivity contribution in [2.75, 3.05) is 11.5 Å². The van der Waals surface area contributed by atoms with E-state index in [1.165, 1.54) is 5.57 Å². The lowest BCUT2D eigenvalue weighted by Crippen LogP contribution is -2.58. The molecule has 5 rings (SSSR count). The van der Waals surface area contributed by atoms with Gasteiger partial charge in [0.15, 0.2) is 11.6 Å². The number of aryl methyl sites for hydroxylation is 1. The maximum Gasteiger partial charge on any atom is 0.178 e. The van der Waals surface area contributed by atoms with E-state index < -0.39 is 5.60 Å². The normalized spacial score (nSPS) is 40.8. The number of aliphatic hydroxyl groups is 1. The van der Waals surface area contributed by atoms with Gasteiger partial charge in [0.1, 0.15) is 5.60 Å².